The van der Waals surface area contributed by atoms with Crippen LogP contribution >= 0.6 is 0 Å². The van der Waals surface area contributed by atoms with Gasteiger partial charge in [-0.15, -0.1) is 0 Å². The first-order valence-corrected chi connectivity index (χ1v) is 19.9. The third kappa shape index (κ3) is 8.36. The molecule has 0 spiro atoms. The minimum atomic E-state index is -5.08. The van der Waals surface area contributed by atoms with Crippen molar-refractivity contribution in [2.75, 3.05) is 0 Å². The number of halogens is 7. The molecular weight excluding hydrogens is 776 g/mol. The molecule has 7 rings (SSSR count). The van der Waals surface area contributed by atoms with Crippen LogP contribution in [0.3, 0.4) is 0 Å². The Morgan fingerprint density at radius 1 is 0.763 bits per heavy atom. The predicted molar refractivity (Wildman–Crippen MR) is 209 cm³/mol. The van der Waals surface area contributed by atoms with Crippen molar-refractivity contribution in [2.45, 2.75) is 98.1 Å². The average Bonchev–Trinajstić information content (AvgIpc) is 3.72. The number of alkyl halides is 3. The molecule has 0 saturated heterocycles. The van der Waals surface area contributed by atoms with Gasteiger partial charge < -0.3 is 19.2 Å². The van der Waals surface area contributed by atoms with Crippen LogP contribution in [0, 0.1) is 73.1 Å². The van der Waals surface area contributed by atoms with Gasteiger partial charge in [-0.1, -0.05) is 70.1 Å². The third-order valence-electron chi connectivity index (χ3n) is 11.8. The monoisotopic (exact) mass is 819 g/mol. The summed E-state index contributed by atoms with van der Waals surface area (Å²) in [6, 6.07) is 10.9. The molecule has 4 aromatic rings. The smallest absolute Gasteiger partial charge is 0.421 e. The molecule has 1 aromatic heterocycles. The minimum Gasteiger partial charge on any atom is -0.452 e. The zero-order valence-electron chi connectivity index (χ0n) is 33.3. The van der Waals surface area contributed by atoms with Crippen molar-refractivity contribution in [3.63, 3.8) is 0 Å². The Kier molecular flexibility index (Phi) is 11.7. The summed E-state index contributed by atoms with van der Waals surface area (Å²) in [6.07, 6.45) is 0.430. The number of aryl methyl sites for hydroxylation is 3. The van der Waals surface area contributed by atoms with Crippen LogP contribution < -0.4 is 14.2 Å². The van der Waals surface area contributed by atoms with Gasteiger partial charge in [-0.25, -0.2) is 22.6 Å². The molecule has 13 heteroatoms. The van der Waals surface area contributed by atoms with E-state index in [-0.39, 0.29) is 51.9 Å². The molecule has 3 aliphatic rings. The molecule has 4 unspecified atom stereocenters. The van der Waals surface area contributed by atoms with Gasteiger partial charge in [0.15, 0.2) is 28.9 Å². The number of aromatic nitrogens is 1. The van der Waals surface area contributed by atoms with Crippen molar-refractivity contribution >= 4 is 11.7 Å². The van der Waals surface area contributed by atoms with Crippen LogP contribution in [-0.2, 0) is 0 Å². The van der Waals surface area contributed by atoms with E-state index in [0.29, 0.717) is 60.3 Å². The molecule has 2 saturated carbocycles. The molecule has 2 fully saturated rings. The Bertz CT molecular complexity index is 2400. The van der Waals surface area contributed by atoms with Gasteiger partial charge in [0.2, 0.25) is 11.8 Å². The number of aliphatic imine (C=N–C) groups is 1. The minimum absolute atomic E-state index is 0.0126. The van der Waals surface area contributed by atoms with Crippen molar-refractivity contribution in [1.29, 1.82) is 5.26 Å². The molecule has 4 atom stereocenters. The Morgan fingerprint density at radius 2 is 1.31 bits per heavy atom. The van der Waals surface area contributed by atoms with Gasteiger partial charge >= 0.3 is 6.18 Å². The van der Waals surface area contributed by atoms with E-state index in [0.717, 1.165) is 55.5 Å². The predicted octanol–water partition coefficient (Wildman–Crippen LogP) is 13.4. The lowest BCUT2D eigenvalue weighted by Crippen LogP contribution is -2.28. The second-order valence-electron chi connectivity index (χ2n) is 16.0. The first-order chi connectivity index (χ1) is 28.0. The number of nitriles is 1. The van der Waals surface area contributed by atoms with E-state index >= 15 is 22.0 Å². The molecule has 3 aromatic carbocycles. The van der Waals surface area contributed by atoms with E-state index in [2.05, 4.69) is 16.0 Å². The van der Waals surface area contributed by atoms with Crippen molar-refractivity contribution in [1.82, 2.24) is 4.98 Å². The summed E-state index contributed by atoms with van der Waals surface area (Å²) >= 11 is 0. The quantitative estimate of drug-likeness (QED) is 0.142. The maximum atomic E-state index is 15.7. The standard InChI is InChI=1S/C46H44F7N3O3/c1-23-18-26(4)42(27(5)19-23)59-43(40-37(30-12-8-6-10-24(30)2)32(22-54)44(55-40)57-35-16-14-28(47)20-33(35)49)41-38(31-13-9-7-11-25(31)3)39(46(51,52)53)45(56-41)58-36-17-15-29(48)21-34(36)50/h14-21,24-25,30-31,55H,6-13H2,1-5H3/b43-41+. The topological polar surface area (TPSA) is 79.6 Å². The van der Waals surface area contributed by atoms with E-state index in [4.69, 9.17) is 14.2 Å². The highest BCUT2D eigenvalue weighted by atomic mass is 19.4. The summed E-state index contributed by atoms with van der Waals surface area (Å²) in [5.74, 6) is -7.49. The zero-order valence-corrected chi connectivity index (χ0v) is 33.3. The zero-order chi connectivity index (χ0) is 42.3. The number of allylic oxidation sites excluding steroid dienone is 1. The average molecular weight is 820 g/mol. The van der Waals surface area contributed by atoms with Gasteiger partial charge in [-0.3, -0.25) is 0 Å². The van der Waals surface area contributed by atoms with Gasteiger partial charge in [-0.05, 0) is 92.7 Å². The second-order valence-corrected chi connectivity index (χ2v) is 16.0. The van der Waals surface area contributed by atoms with Crippen LogP contribution in [0.5, 0.6) is 23.1 Å². The number of benzene rings is 3. The lowest BCUT2D eigenvalue weighted by Gasteiger charge is -2.32. The first kappa shape index (κ1) is 41.6. The number of aromatic amines is 1. The maximum absolute atomic E-state index is 15.7. The molecule has 0 radical (unpaired) electrons. The van der Waals surface area contributed by atoms with Gasteiger partial charge in [0.25, 0.3) is 0 Å². The van der Waals surface area contributed by atoms with Crippen LogP contribution in [-0.4, -0.2) is 17.1 Å². The summed E-state index contributed by atoms with van der Waals surface area (Å²) in [5.41, 5.74) is 0.987. The van der Waals surface area contributed by atoms with E-state index in [1.807, 2.05) is 32.9 Å². The molecule has 0 bridgehead atoms. The Hall–Kier alpha value is -5.51. The van der Waals surface area contributed by atoms with Crippen LogP contribution in [0.1, 0.15) is 105 Å². The van der Waals surface area contributed by atoms with E-state index in [9.17, 15) is 14.0 Å². The SMILES string of the molecule is Cc1cc(C)c(O/C(=C2/N=C(Oc3ccc(F)cc3F)C(C(F)(F)F)=C2C2CCCCC2C)c2[nH]c(Oc3ccc(F)cc3F)c(C#N)c2C2CCCCC2C)c(C)c1. The highest BCUT2D eigenvalue weighted by Crippen LogP contribution is 2.52. The van der Waals surface area contributed by atoms with Crippen molar-refractivity contribution in [2.24, 2.45) is 22.7 Å². The van der Waals surface area contributed by atoms with E-state index in [1.54, 1.807) is 13.8 Å². The summed E-state index contributed by atoms with van der Waals surface area (Å²) in [7, 11) is 0. The normalized spacial score (nSPS) is 21.9. The third-order valence-corrected chi connectivity index (χ3v) is 11.8. The van der Waals surface area contributed by atoms with Gasteiger partial charge in [-0.2, -0.15) is 18.4 Å². The molecule has 2 heterocycles. The summed E-state index contributed by atoms with van der Waals surface area (Å²) in [5, 5.41) is 10.8. The second kappa shape index (κ2) is 16.6. The highest BCUT2D eigenvalue weighted by Gasteiger charge is 2.50. The highest BCUT2D eigenvalue weighted by molar-refractivity contribution is 6.03. The van der Waals surface area contributed by atoms with Gasteiger partial charge in [0.05, 0.1) is 5.69 Å². The fraction of sp³-hybridized carbons (Fsp3) is 0.391. The summed E-state index contributed by atoms with van der Waals surface area (Å²) in [6.45, 7) is 9.39. The number of H-pyrrole nitrogens is 1. The van der Waals surface area contributed by atoms with Crippen LogP contribution in [0.4, 0.5) is 30.7 Å². The van der Waals surface area contributed by atoms with Crippen LogP contribution in [0.15, 0.2) is 70.4 Å². The lowest BCUT2D eigenvalue weighted by atomic mass is 9.73. The van der Waals surface area contributed by atoms with E-state index < -0.39 is 58.3 Å². The lowest BCUT2D eigenvalue weighted by molar-refractivity contribution is -0.0881. The van der Waals surface area contributed by atoms with Gasteiger partial charge in [0.1, 0.15) is 40.3 Å². The molecule has 59 heavy (non-hydrogen) atoms. The van der Waals surface area contributed by atoms with Crippen molar-refractivity contribution in [3.05, 3.63) is 122 Å². The number of hydrogen-bond acceptors (Lipinski definition) is 5. The summed E-state index contributed by atoms with van der Waals surface area (Å²) < 4.78 is 124. The largest absolute Gasteiger partial charge is 0.452 e. The Morgan fingerprint density at radius 3 is 1.83 bits per heavy atom. The van der Waals surface area contributed by atoms with E-state index in [1.165, 1.54) is 0 Å². The van der Waals surface area contributed by atoms with Crippen LogP contribution in [0.2, 0.25) is 0 Å². The number of hydrogen-bond donors (Lipinski definition) is 1. The number of ether oxygens (including phenoxy) is 3. The molecule has 6 nitrogen and oxygen atoms in total. The van der Waals surface area contributed by atoms with Crippen molar-refractivity contribution in [3.8, 4) is 29.2 Å². The number of nitrogens with one attached hydrogen (secondary N) is 1. The first-order valence-electron chi connectivity index (χ1n) is 19.9. The van der Waals surface area contributed by atoms with Crippen molar-refractivity contribution < 1.29 is 44.9 Å². The maximum Gasteiger partial charge on any atom is 0.421 e. The number of rotatable bonds is 8. The van der Waals surface area contributed by atoms with Crippen LogP contribution in [0.25, 0.3) is 5.76 Å². The molecule has 1 N–H and O–H groups in total. The molecule has 0 amide bonds. The summed E-state index contributed by atoms with van der Waals surface area (Å²) in [4.78, 5) is 7.68. The number of nitrogens with zero attached hydrogens (tertiary/aromatic N) is 2. The molecule has 1 aliphatic heterocycles. The molecular formula is C46H44F7N3O3. The molecule has 2 aliphatic carbocycles. The fourth-order valence-corrected chi connectivity index (χ4v) is 9.03. The fourth-order valence-electron chi connectivity index (χ4n) is 9.03. The molecule has 310 valence electrons. The Labute approximate surface area is 338 Å². The Balaban J connectivity index is 1.59. The van der Waals surface area contributed by atoms with Gasteiger partial charge in [0, 0.05) is 23.3 Å².